The molecule has 0 saturated carbocycles. The molecule has 26 heavy (non-hydrogen) atoms. The minimum absolute atomic E-state index is 0.0284. The minimum Gasteiger partial charge on any atom is -0.483 e. The summed E-state index contributed by atoms with van der Waals surface area (Å²) in [4.78, 5) is 20.5. The number of fused-ring (bicyclic) bond motifs is 2. The molecule has 1 aliphatic rings. The number of amides is 1. The predicted octanol–water partition coefficient (Wildman–Crippen LogP) is 3.69. The quantitative estimate of drug-likeness (QED) is 0.747. The van der Waals surface area contributed by atoms with Crippen molar-refractivity contribution in [2.75, 3.05) is 25.0 Å². The van der Waals surface area contributed by atoms with Crippen molar-refractivity contribution in [2.24, 2.45) is 0 Å². The summed E-state index contributed by atoms with van der Waals surface area (Å²) in [5, 5.41) is 5.64. The van der Waals surface area contributed by atoms with Gasteiger partial charge in [-0.2, -0.15) is 0 Å². The SMILES string of the molecule is CCN1CCc2nc(NC(=O)COc3cccc4ccccc34)sc2C1. The Balaban J connectivity index is 1.39. The molecule has 0 saturated heterocycles. The third-order valence-corrected chi connectivity index (χ3v) is 5.61. The van der Waals surface area contributed by atoms with Gasteiger partial charge in [-0.25, -0.2) is 4.98 Å². The summed E-state index contributed by atoms with van der Waals surface area (Å²) in [6, 6.07) is 13.8. The average molecular weight is 367 g/mol. The van der Waals surface area contributed by atoms with Gasteiger partial charge in [-0.15, -0.1) is 11.3 Å². The molecule has 0 aliphatic carbocycles. The molecular weight excluding hydrogens is 346 g/mol. The number of hydrogen-bond acceptors (Lipinski definition) is 5. The maximum atomic E-state index is 12.3. The first-order valence-corrected chi connectivity index (χ1v) is 9.66. The highest BCUT2D eigenvalue weighted by Gasteiger charge is 2.20. The van der Waals surface area contributed by atoms with Crippen molar-refractivity contribution in [3.8, 4) is 5.75 Å². The second-order valence-corrected chi connectivity index (χ2v) is 7.41. The summed E-state index contributed by atoms with van der Waals surface area (Å²) in [7, 11) is 0. The van der Waals surface area contributed by atoms with Crippen molar-refractivity contribution < 1.29 is 9.53 Å². The van der Waals surface area contributed by atoms with Crippen LogP contribution in [0.3, 0.4) is 0 Å². The number of nitrogens with one attached hydrogen (secondary N) is 1. The third-order valence-electron chi connectivity index (χ3n) is 4.61. The number of benzene rings is 2. The Morgan fingerprint density at radius 1 is 1.27 bits per heavy atom. The van der Waals surface area contributed by atoms with Gasteiger partial charge in [-0.1, -0.05) is 43.3 Å². The number of nitrogens with zero attached hydrogens (tertiary/aromatic N) is 2. The maximum absolute atomic E-state index is 12.3. The lowest BCUT2D eigenvalue weighted by molar-refractivity contribution is -0.118. The van der Waals surface area contributed by atoms with Crippen LogP contribution in [0.15, 0.2) is 42.5 Å². The van der Waals surface area contributed by atoms with Crippen molar-refractivity contribution in [2.45, 2.75) is 19.9 Å². The molecule has 0 radical (unpaired) electrons. The van der Waals surface area contributed by atoms with Gasteiger partial charge in [0, 0.05) is 29.8 Å². The monoisotopic (exact) mass is 367 g/mol. The molecule has 6 heteroatoms. The van der Waals surface area contributed by atoms with E-state index in [1.54, 1.807) is 11.3 Å². The molecule has 5 nitrogen and oxygen atoms in total. The first-order valence-electron chi connectivity index (χ1n) is 8.84. The molecule has 4 rings (SSSR count). The summed E-state index contributed by atoms with van der Waals surface area (Å²) in [6.07, 6.45) is 0.946. The van der Waals surface area contributed by atoms with Gasteiger partial charge in [0.1, 0.15) is 5.75 Å². The van der Waals surface area contributed by atoms with Gasteiger partial charge >= 0.3 is 0 Å². The van der Waals surface area contributed by atoms with Gasteiger partial charge in [0.25, 0.3) is 5.91 Å². The molecule has 0 spiro atoms. The van der Waals surface area contributed by atoms with E-state index >= 15 is 0 Å². The van der Waals surface area contributed by atoms with Crippen LogP contribution in [0.2, 0.25) is 0 Å². The number of carbonyl (C=O) groups is 1. The van der Waals surface area contributed by atoms with Gasteiger partial charge in [0.05, 0.1) is 5.69 Å². The van der Waals surface area contributed by atoms with E-state index in [-0.39, 0.29) is 12.5 Å². The van der Waals surface area contributed by atoms with Crippen LogP contribution < -0.4 is 10.1 Å². The number of carbonyl (C=O) groups excluding carboxylic acids is 1. The van der Waals surface area contributed by atoms with Crippen LogP contribution in [-0.4, -0.2) is 35.5 Å². The zero-order chi connectivity index (χ0) is 17.9. The zero-order valence-electron chi connectivity index (χ0n) is 14.7. The number of ether oxygens (including phenoxy) is 1. The molecule has 1 aliphatic heterocycles. The molecule has 134 valence electrons. The Morgan fingerprint density at radius 3 is 3.00 bits per heavy atom. The zero-order valence-corrected chi connectivity index (χ0v) is 15.5. The van der Waals surface area contributed by atoms with Gasteiger partial charge in [0.15, 0.2) is 11.7 Å². The molecule has 1 N–H and O–H groups in total. The Hall–Kier alpha value is -2.44. The Morgan fingerprint density at radius 2 is 2.12 bits per heavy atom. The van der Waals surface area contributed by atoms with Crippen LogP contribution in [0.25, 0.3) is 10.8 Å². The van der Waals surface area contributed by atoms with E-state index in [0.717, 1.165) is 48.3 Å². The highest BCUT2D eigenvalue weighted by Crippen LogP contribution is 2.28. The normalized spacial score (nSPS) is 14.2. The van der Waals surface area contributed by atoms with E-state index in [1.165, 1.54) is 4.88 Å². The van der Waals surface area contributed by atoms with Crippen LogP contribution in [0.1, 0.15) is 17.5 Å². The molecule has 0 bridgehead atoms. The van der Waals surface area contributed by atoms with Gasteiger partial charge in [-0.3, -0.25) is 15.0 Å². The van der Waals surface area contributed by atoms with Crippen LogP contribution >= 0.6 is 11.3 Å². The van der Waals surface area contributed by atoms with Crippen LogP contribution in [-0.2, 0) is 17.8 Å². The maximum Gasteiger partial charge on any atom is 0.264 e. The Kier molecular flexibility index (Phi) is 4.86. The summed E-state index contributed by atoms with van der Waals surface area (Å²) in [5.74, 6) is 0.534. The van der Waals surface area contributed by atoms with Crippen molar-refractivity contribution in [3.63, 3.8) is 0 Å². The van der Waals surface area contributed by atoms with Crippen molar-refractivity contribution in [3.05, 3.63) is 53.0 Å². The van der Waals surface area contributed by atoms with Gasteiger partial charge in [-0.05, 0) is 18.0 Å². The molecule has 1 amide bonds. The van der Waals surface area contributed by atoms with Gasteiger partial charge < -0.3 is 4.74 Å². The number of hydrogen-bond donors (Lipinski definition) is 1. The molecule has 0 atom stereocenters. The second-order valence-electron chi connectivity index (χ2n) is 6.32. The van der Waals surface area contributed by atoms with E-state index in [4.69, 9.17) is 4.74 Å². The number of thiazole rings is 1. The number of likely N-dealkylation sites (N-methyl/N-ethyl adjacent to an activating group) is 1. The molecule has 2 heterocycles. The standard InChI is InChI=1S/C20H21N3O2S/c1-2-23-11-10-16-18(12-23)26-20(21-16)22-19(24)13-25-17-9-5-7-14-6-3-4-8-15(14)17/h3-9H,2,10-13H2,1H3,(H,21,22,24). The summed E-state index contributed by atoms with van der Waals surface area (Å²) >= 11 is 1.57. The van der Waals surface area contributed by atoms with E-state index < -0.39 is 0 Å². The number of anilines is 1. The molecule has 1 aromatic heterocycles. The lowest BCUT2D eigenvalue weighted by atomic mass is 10.1. The Bertz CT molecular complexity index is 932. The van der Waals surface area contributed by atoms with Crippen LogP contribution in [0.4, 0.5) is 5.13 Å². The smallest absolute Gasteiger partial charge is 0.264 e. The van der Waals surface area contributed by atoms with Crippen molar-refractivity contribution in [1.29, 1.82) is 0 Å². The fourth-order valence-electron chi connectivity index (χ4n) is 3.19. The number of rotatable bonds is 5. The van der Waals surface area contributed by atoms with Crippen LogP contribution in [0, 0.1) is 0 Å². The fourth-order valence-corrected chi connectivity index (χ4v) is 4.26. The third kappa shape index (κ3) is 3.57. The van der Waals surface area contributed by atoms with E-state index in [0.29, 0.717) is 5.13 Å². The van der Waals surface area contributed by atoms with E-state index in [2.05, 4.69) is 22.1 Å². The predicted molar refractivity (Wildman–Crippen MR) is 105 cm³/mol. The first kappa shape index (κ1) is 17.0. The molecule has 3 aromatic rings. The van der Waals surface area contributed by atoms with Crippen molar-refractivity contribution in [1.82, 2.24) is 9.88 Å². The molecular formula is C20H21N3O2S. The molecule has 2 aromatic carbocycles. The topological polar surface area (TPSA) is 54.5 Å². The van der Waals surface area contributed by atoms with E-state index in [9.17, 15) is 4.79 Å². The minimum atomic E-state index is -0.184. The first-order chi connectivity index (χ1) is 12.7. The Labute approximate surface area is 156 Å². The lowest BCUT2D eigenvalue weighted by Gasteiger charge is -2.23. The summed E-state index contributed by atoms with van der Waals surface area (Å²) in [5.41, 5.74) is 1.12. The average Bonchev–Trinajstić information content (AvgIpc) is 3.07. The summed E-state index contributed by atoms with van der Waals surface area (Å²) < 4.78 is 5.75. The molecule has 0 fully saturated rings. The highest BCUT2D eigenvalue weighted by atomic mass is 32.1. The second kappa shape index (κ2) is 7.43. The van der Waals surface area contributed by atoms with Gasteiger partial charge in [0.2, 0.25) is 0 Å². The molecule has 0 unspecified atom stereocenters. The lowest BCUT2D eigenvalue weighted by Crippen LogP contribution is -2.29. The van der Waals surface area contributed by atoms with Crippen molar-refractivity contribution >= 4 is 33.1 Å². The van der Waals surface area contributed by atoms with E-state index in [1.807, 2.05) is 42.5 Å². The highest BCUT2D eigenvalue weighted by molar-refractivity contribution is 7.15. The van der Waals surface area contributed by atoms with Crippen LogP contribution in [0.5, 0.6) is 5.75 Å². The number of aromatic nitrogens is 1. The summed E-state index contributed by atoms with van der Waals surface area (Å²) in [6.45, 7) is 5.13. The largest absolute Gasteiger partial charge is 0.483 e. The fraction of sp³-hybridized carbons (Fsp3) is 0.300.